The molecule has 13 heteroatoms. The molecule has 2 aliphatic rings. The Labute approximate surface area is 225 Å². The molecule has 0 radical (unpaired) electrons. The van der Waals surface area contributed by atoms with Crippen LogP contribution >= 0.6 is 0 Å². The molecule has 0 fully saturated rings. The molecule has 210 valence electrons. The van der Waals surface area contributed by atoms with Gasteiger partial charge < -0.3 is 20.7 Å². The van der Waals surface area contributed by atoms with Crippen LogP contribution in [0.3, 0.4) is 0 Å². The lowest BCUT2D eigenvalue weighted by molar-refractivity contribution is -0.134. The predicted octanol–water partition coefficient (Wildman–Crippen LogP) is 0.327. The predicted molar refractivity (Wildman–Crippen MR) is 138 cm³/mol. The van der Waals surface area contributed by atoms with Crippen molar-refractivity contribution < 1.29 is 28.3 Å². The third-order valence-electron chi connectivity index (χ3n) is 7.20. The Bertz CT molecular complexity index is 1190. The molecule has 0 unspecified atom stereocenters. The molecule has 12 nitrogen and oxygen atoms in total. The molecular weight excluding hydrogens is 509 g/mol. The first-order valence-corrected chi connectivity index (χ1v) is 13.1. The Kier molecular flexibility index (Phi) is 9.23. The summed E-state index contributed by atoms with van der Waals surface area (Å²) in [6.45, 7) is 2.56. The largest absolute Gasteiger partial charge is 0.369 e. The molecule has 4 N–H and O–H groups in total. The van der Waals surface area contributed by atoms with Gasteiger partial charge in [0, 0.05) is 6.42 Å². The van der Waals surface area contributed by atoms with E-state index < -0.39 is 36.6 Å². The average molecular weight is 544 g/mol. The van der Waals surface area contributed by atoms with Crippen LogP contribution in [-0.2, 0) is 43.3 Å². The van der Waals surface area contributed by atoms with Gasteiger partial charge in [-0.15, -0.1) is 0 Å². The van der Waals surface area contributed by atoms with Crippen molar-refractivity contribution in [2.75, 3.05) is 24.8 Å². The standard InChI is InChI=1S/C26H34FN7O5/c1-3-15(2)22(31-21(35)14-39-10-9-27)25(37)30-19-8-7-16-5-4-6-17-11-20(34(23(16)17)26(19)38)24(36)28-12-18-13-29-33-32-18/h4-6,13,15,19-20,22H,3,7-12,14H2,1-2H3,(H,28,36)(H,30,37)(H,31,35)(H,29,32,33)/t15-,19-,20-,22-/m0/s1. The van der Waals surface area contributed by atoms with E-state index >= 15 is 0 Å². The number of para-hydroxylation sites is 1. The van der Waals surface area contributed by atoms with Gasteiger partial charge in [-0.25, -0.2) is 4.39 Å². The number of ether oxygens (including phenoxy) is 1. The molecule has 0 aliphatic carbocycles. The first kappa shape index (κ1) is 28.1. The van der Waals surface area contributed by atoms with Crippen molar-refractivity contribution in [1.29, 1.82) is 0 Å². The SMILES string of the molecule is CC[C@H](C)[C@H](NC(=O)COCCF)C(=O)N[C@H]1CCc2cccc3c2N(C1=O)[C@H](C(=O)NCc1cn[nH]n1)C3. The van der Waals surface area contributed by atoms with Crippen LogP contribution in [0.15, 0.2) is 24.4 Å². The summed E-state index contributed by atoms with van der Waals surface area (Å²) in [4.78, 5) is 54.3. The second kappa shape index (κ2) is 12.8. The highest BCUT2D eigenvalue weighted by Gasteiger charge is 2.44. The van der Waals surface area contributed by atoms with Crippen LogP contribution in [0.1, 0.15) is 43.5 Å². The Morgan fingerprint density at radius 3 is 2.79 bits per heavy atom. The van der Waals surface area contributed by atoms with Crippen LogP contribution in [0.25, 0.3) is 0 Å². The Morgan fingerprint density at radius 1 is 1.28 bits per heavy atom. The van der Waals surface area contributed by atoms with Crippen LogP contribution in [-0.4, -0.2) is 77.1 Å². The summed E-state index contributed by atoms with van der Waals surface area (Å²) in [6.07, 6.45) is 3.32. The summed E-state index contributed by atoms with van der Waals surface area (Å²) in [5.41, 5.74) is 3.10. The van der Waals surface area contributed by atoms with Gasteiger partial charge in [0.15, 0.2) is 0 Å². The number of hydrogen-bond acceptors (Lipinski definition) is 7. The van der Waals surface area contributed by atoms with Crippen LogP contribution < -0.4 is 20.9 Å². The number of hydrogen-bond donors (Lipinski definition) is 4. The highest BCUT2D eigenvalue weighted by Crippen LogP contribution is 2.39. The third kappa shape index (κ3) is 6.41. The highest BCUT2D eigenvalue weighted by molar-refractivity contribution is 6.08. The Balaban J connectivity index is 1.50. The summed E-state index contributed by atoms with van der Waals surface area (Å²) in [5, 5.41) is 18.5. The van der Waals surface area contributed by atoms with E-state index in [4.69, 9.17) is 4.74 Å². The van der Waals surface area contributed by atoms with E-state index in [1.807, 2.05) is 32.0 Å². The van der Waals surface area contributed by atoms with E-state index in [2.05, 4.69) is 31.4 Å². The zero-order valence-electron chi connectivity index (χ0n) is 22.0. The molecular formula is C26H34FN7O5. The minimum atomic E-state index is -0.911. The molecule has 1 aromatic carbocycles. The van der Waals surface area contributed by atoms with Gasteiger partial charge in [-0.3, -0.25) is 24.1 Å². The zero-order chi connectivity index (χ0) is 27.9. The number of aromatic nitrogens is 3. The number of aryl methyl sites for hydroxylation is 1. The smallest absolute Gasteiger partial charge is 0.250 e. The van der Waals surface area contributed by atoms with Crippen molar-refractivity contribution in [3.63, 3.8) is 0 Å². The molecule has 0 bridgehead atoms. The number of halogens is 1. The summed E-state index contributed by atoms with van der Waals surface area (Å²) in [6, 6.07) is 3.15. The fourth-order valence-corrected chi connectivity index (χ4v) is 4.98. The molecule has 4 amide bonds. The summed E-state index contributed by atoms with van der Waals surface area (Å²) >= 11 is 0. The molecule has 0 saturated heterocycles. The van der Waals surface area contributed by atoms with Gasteiger partial charge in [0.1, 0.15) is 37.1 Å². The van der Waals surface area contributed by atoms with Gasteiger partial charge in [-0.05, 0) is 29.9 Å². The molecule has 2 aromatic rings. The summed E-state index contributed by atoms with van der Waals surface area (Å²) < 4.78 is 17.3. The normalized spacial score (nSPS) is 19.6. The van der Waals surface area contributed by atoms with Crippen molar-refractivity contribution in [3.8, 4) is 0 Å². The third-order valence-corrected chi connectivity index (χ3v) is 7.20. The molecule has 4 atom stereocenters. The topological polar surface area (TPSA) is 158 Å². The zero-order valence-corrected chi connectivity index (χ0v) is 22.0. The maximum absolute atomic E-state index is 13.9. The number of nitrogens with zero attached hydrogens (tertiary/aromatic N) is 3. The number of rotatable bonds is 12. The lowest BCUT2D eigenvalue weighted by Gasteiger charge is -2.29. The van der Waals surface area contributed by atoms with Gasteiger partial charge >= 0.3 is 0 Å². The van der Waals surface area contributed by atoms with Gasteiger partial charge in [0.05, 0.1) is 25.0 Å². The van der Waals surface area contributed by atoms with Crippen molar-refractivity contribution in [2.24, 2.45) is 5.92 Å². The van der Waals surface area contributed by atoms with Crippen LogP contribution in [0.5, 0.6) is 0 Å². The van der Waals surface area contributed by atoms with E-state index in [-0.39, 0.29) is 37.5 Å². The van der Waals surface area contributed by atoms with Gasteiger partial charge in [-0.1, -0.05) is 38.5 Å². The molecule has 2 aliphatic heterocycles. The average Bonchev–Trinajstić information content (AvgIpc) is 3.57. The quantitative estimate of drug-likeness (QED) is 0.281. The Morgan fingerprint density at radius 2 is 2.08 bits per heavy atom. The molecule has 3 heterocycles. The minimum absolute atomic E-state index is 0.155. The first-order chi connectivity index (χ1) is 18.8. The van der Waals surface area contributed by atoms with E-state index in [1.54, 1.807) is 0 Å². The fourth-order valence-electron chi connectivity index (χ4n) is 4.98. The van der Waals surface area contributed by atoms with Gasteiger partial charge in [-0.2, -0.15) is 15.4 Å². The number of nitrogens with one attached hydrogen (secondary N) is 4. The highest BCUT2D eigenvalue weighted by atomic mass is 19.1. The number of amides is 4. The van der Waals surface area contributed by atoms with Crippen LogP contribution in [0, 0.1) is 5.92 Å². The molecule has 39 heavy (non-hydrogen) atoms. The van der Waals surface area contributed by atoms with Crippen LogP contribution in [0.4, 0.5) is 10.1 Å². The minimum Gasteiger partial charge on any atom is -0.369 e. The van der Waals surface area contributed by atoms with E-state index in [1.165, 1.54) is 11.1 Å². The number of anilines is 1. The first-order valence-electron chi connectivity index (χ1n) is 13.1. The summed E-state index contributed by atoms with van der Waals surface area (Å²) in [7, 11) is 0. The van der Waals surface area contributed by atoms with Crippen molar-refractivity contribution >= 4 is 29.3 Å². The van der Waals surface area contributed by atoms with Crippen molar-refractivity contribution in [3.05, 3.63) is 41.2 Å². The maximum Gasteiger partial charge on any atom is 0.250 e. The number of carbonyl (C=O) groups excluding carboxylic acids is 4. The van der Waals surface area contributed by atoms with Crippen molar-refractivity contribution in [1.82, 2.24) is 31.4 Å². The van der Waals surface area contributed by atoms with E-state index in [9.17, 15) is 23.6 Å². The monoisotopic (exact) mass is 543 g/mol. The van der Waals surface area contributed by atoms with E-state index in [0.717, 1.165) is 16.8 Å². The number of alkyl halides is 1. The number of carbonyl (C=O) groups is 4. The number of benzene rings is 1. The fraction of sp³-hybridized carbons (Fsp3) is 0.538. The van der Waals surface area contributed by atoms with Gasteiger partial charge in [0.2, 0.25) is 23.6 Å². The summed E-state index contributed by atoms with van der Waals surface area (Å²) in [5.74, 6) is -2.00. The molecule has 0 spiro atoms. The van der Waals surface area contributed by atoms with E-state index in [0.29, 0.717) is 31.4 Å². The molecule has 1 aromatic heterocycles. The number of aromatic amines is 1. The molecule has 0 saturated carbocycles. The Hall–Kier alpha value is -3.87. The lowest BCUT2D eigenvalue weighted by Crippen LogP contribution is -2.58. The second-order valence-electron chi connectivity index (χ2n) is 9.80. The number of H-pyrrole nitrogens is 1. The second-order valence-corrected chi connectivity index (χ2v) is 9.80. The molecule has 4 rings (SSSR count). The van der Waals surface area contributed by atoms with Crippen LogP contribution in [0.2, 0.25) is 0 Å². The maximum atomic E-state index is 13.9. The van der Waals surface area contributed by atoms with Gasteiger partial charge in [0.25, 0.3) is 0 Å². The lowest BCUT2D eigenvalue weighted by atomic mass is 9.97. The van der Waals surface area contributed by atoms with Crippen molar-refractivity contribution in [2.45, 2.75) is 64.2 Å².